The third-order valence-electron chi connectivity index (χ3n) is 7.28. The van der Waals surface area contributed by atoms with Crippen molar-refractivity contribution < 1.29 is 19.8 Å². The van der Waals surface area contributed by atoms with Crippen LogP contribution in [0.15, 0.2) is 98.4 Å². The van der Waals surface area contributed by atoms with Gasteiger partial charge >= 0.3 is 0 Å². The molecule has 0 fully saturated rings. The topological polar surface area (TPSA) is 118 Å². The Morgan fingerprint density at radius 3 is 1.52 bits per heavy atom. The first-order chi connectivity index (χ1) is 20.4. The molecule has 4 aromatic rings. The average Bonchev–Trinajstić information content (AvgIpc) is 3.68. The summed E-state index contributed by atoms with van der Waals surface area (Å²) >= 11 is 0. The fourth-order valence-corrected chi connectivity index (χ4v) is 5.41. The van der Waals surface area contributed by atoms with Crippen LogP contribution in [0.25, 0.3) is 33.0 Å². The molecule has 0 radical (unpaired) electrons. The highest BCUT2D eigenvalue weighted by atomic mass is 16.4. The van der Waals surface area contributed by atoms with E-state index < -0.39 is 11.9 Å². The minimum Gasteiger partial charge on any atom is -0.543 e. The summed E-state index contributed by atoms with van der Waals surface area (Å²) in [5.41, 5.74) is 8.04. The molecule has 0 bridgehead atoms. The summed E-state index contributed by atoms with van der Waals surface area (Å²) in [7, 11) is 0. The second kappa shape index (κ2) is 14.8. The minimum absolute atomic E-state index is 0.973. The molecule has 0 unspecified atom stereocenters. The first kappa shape index (κ1) is 30.3. The lowest BCUT2D eigenvalue weighted by atomic mass is 9.98. The monoisotopic (exact) mass is 564 g/mol. The highest BCUT2D eigenvalue weighted by Crippen LogP contribution is 2.28. The summed E-state index contributed by atoms with van der Waals surface area (Å²) in [6.07, 6.45) is 15.0. The highest BCUT2D eigenvalue weighted by Gasteiger charge is 2.16. The molecule has 42 heavy (non-hydrogen) atoms. The van der Waals surface area contributed by atoms with Crippen molar-refractivity contribution in [3.8, 4) is 0 Å². The Morgan fingerprint density at radius 1 is 0.714 bits per heavy atom. The summed E-state index contributed by atoms with van der Waals surface area (Å²) in [6, 6.07) is 17.3. The van der Waals surface area contributed by atoms with Gasteiger partial charge in [0.1, 0.15) is 0 Å². The van der Waals surface area contributed by atoms with E-state index in [1.54, 1.807) is 0 Å². The molecule has 218 valence electrons. The van der Waals surface area contributed by atoms with E-state index in [0.29, 0.717) is 0 Å². The lowest BCUT2D eigenvalue weighted by Gasteiger charge is -2.26. The van der Waals surface area contributed by atoms with Crippen molar-refractivity contribution in [2.24, 2.45) is 0 Å². The van der Waals surface area contributed by atoms with Gasteiger partial charge in [0, 0.05) is 73.5 Å². The third-order valence-corrected chi connectivity index (χ3v) is 7.28. The number of nitrogens with zero attached hydrogens (tertiary/aromatic N) is 2. The van der Waals surface area contributed by atoms with Crippen LogP contribution in [0.2, 0.25) is 0 Å². The number of hydrogen-bond acceptors (Lipinski definition) is 6. The Kier molecular flexibility index (Phi) is 10.7. The van der Waals surface area contributed by atoms with Crippen LogP contribution in [0.3, 0.4) is 0 Å². The number of aromatic nitrogens is 2. The molecule has 0 saturated carbocycles. The largest absolute Gasteiger partial charge is 0.543 e. The van der Waals surface area contributed by atoms with E-state index in [-0.39, 0.29) is 0 Å². The number of rotatable bonds is 6. The van der Waals surface area contributed by atoms with Gasteiger partial charge in [-0.3, -0.25) is 9.80 Å². The molecule has 0 spiro atoms. The fraction of sp³-hybridized carbons (Fsp3) is 0.235. The maximum Gasteiger partial charge on any atom is 0.0870 e. The van der Waals surface area contributed by atoms with E-state index >= 15 is 0 Å². The Labute approximate surface area is 246 Å². The summed E-state index contributed by atoms with van der Waals surface area (Å²) in [5, 5.41) is 20.5. The number of aliphatic carboxylic acids is 2. The number of benzene rings is 2. The number of carbonyl (C=O) groups excluding carboxylic acids is 2. The van der Waals surface area contributed by atoms with Gasteiger partial charge in [-0.05, 0) is 59.4 Å². The standard InChI is InChI=1S/2C16H18N2.C2H2O4/c2*1-2-10-18-11-4-5-13(12-18)14-6-3-7-16-15(14)8-9-17-16;3-1(4)2(5)6/h2*2-3,5-9,17H,1,4,10-12H2;(H,3,4)(H,5,6)/p-2. The number of hydrogen-bond donors (Lipinski definition) is 2. The summed E-state index contributed by atoms with van der Waals surface area (Å²) in [6.45, 7) is 13.9. The lowest BCUT2D eigenvalue weighted by molar-refractivity contribution is -0.345. The van der Waals surface area contributed by atoms with Crippen LogP contribution in [0.4, 0.5) is 0 Å². The van der Waals surface area contributed by atoms with E-state index in [4.69, 9.17) is 19.8 Å². The maximum absolute atomic E-state index is 8.93. The zero-order chi connectivity index (χ0) is 29.9. The number of fused-ring (bicyclic) bond motifs is 2. The molecule has 2 N–H and O–H groups in total. The number of carbonyl (C=O) groups is 2. The summed E-state index contributed by atoms with van der Waals surface area (Å²) in [4.78, 5) is 29.3. The molecule has 8 nitrogen and oxygen atoms in total. The molecule has 2 aliphatic rings. The summed E-state index contributed by atoms with van der Waals surface area (Å²) < 4.78 is 0. The van der Waals surface area contributed by atoms with Crippen LogP contribution in [0, 0.1) is 0 Å². The van der Waals surface area contributed by atoms with E-state index in [1.165, 1.54) is 44.1 Å². The molecule has 8 heteroatoms. The van der Waals surface area contributed by atoms with Crippen LogP contribution >= 0.6 is 0 Å². The normalized spacial score (nSPS) is 15.4. The first-order valence-electron chi connectivity index (χ1n) is 14.0. The molecule has 2 aromatic carbocycles. The molecule has 6 rings (SSSR count). The zero-order valence-electron chi connectivity index (χ0n) is 23.7. The van der Waals surface area contributed by atoms with E-state index in [0.717, 1.165) is 52.1 Å². The number of carboxylic acid groups (broad SMARTS) is 2. The average molecular weight is 565 g/mol. The third kappa shape index (κ3) is 7.75. The SMILES string of the molecule is C=CCN1CCC=C(c2cccc3[nH]ccc23)C1.C=CCN1CCC=C(c2cccc3[nH]ccc23)C1.O=C([O-])C(=O)[O-]. The van der Waals surface area contributed by atoms with Crippen LogP contribution in [-0.4, -0.2) is 71.0 Å². The van der Waals surface area contributed by atoms with Crippen molar-refractivity contribution in [1.82, 2.24) is 19.8 Å². The van der Waals surface area contributed by atoms with Gasteiger partial charge in [0.05, 0.1) is 11.9 Å². The van der Waals surface area contributed by atoms with Gasteiger partial charge in [0.15, 0.2) is 0 Å². The van der Waals surface area contributed by atoms with E-state index in [1.807, 2.05) is 24.5 Å². The molecular formula is C34H36N4O4-2. The highest BCUT2D eigenvalue weighted by molar-refractivity contribution is 6.25. The number of H-pyrrole nitrogens is 2. The maximum atomic E-state index is 8.93. The van der Waals surface area contributed by atoms with E-state index in [9.17, 15) is 0 Å². The van der Waals surface area contributed by atoms with Gasteiger partial charge in [0.25, 0.3) is 0 Å². The Hall–Kier alpha value is -4.66. The summed E-state index contributed by atoms with van der Waals surface area (Å²) in [5.74, 6) is -4.37. The molecule has 0 saturated heterocycles. The fourth-order valence-electron chi connectivity index (χ4n) is 5.41. The predicted octanol–water partition coefficient (Wildman–Crippen LogP) is 3.37. The van der Waals surface area contributed by atoms with Crippen molar-refractivity contribution in [2.75, 3.05) is 39.3 Å². The Morgan fingerprint density at radius 2 is 1.14 bits per heavy atom. The Balaban J connectivity index is 0.000000162. The molecule has 0 amide bonds. The molecule has 2 aliphatic heterocycles. The van der Waals surface area contributed by atoms with Crippen molar-refractivity contribution in [1.29, 1.82) is 0 Å². The molecule has 0 atom stereocenters. The lowest BCUT2D eigenvalue weighted by Crippen LogP contribution is -2.42. The smallest absolute Gasteiger partial charge is 0.0870 e. The second-order valence-electron chi connectivity index (χ2n) is 10.1. The van der Waals surface area contributed by atoms with Crippen LogP contribution in [0.1, 0.15) is 24.0 Å². The number of aromatic amines is 2. The molecule has 0 aliphatic carbocycles. The number of nitrogens with one attached hydrogen (secondary N) is 2. The molecule has 4 heterocycles. The van der Waals surface area contributed by atoms with Crippen LogP contribution in [-0.2, 0) is 9.59 Å². The Bertz CT molecular complexity index is 1490. The quantitative estimate of drug-likeness (QED) is 0.274. The second-order valence-corrected chi connectivity index (χ2v) is 10.1. The van der Waals surface area contributed by atoms with Gasteiger partial charge in [-0.25, -0.2) is 0 Å². The van der Waals surface area contributed by atoms with Crippen molar-refractivity contribution in [3.05, 3.63) is 110 Å². The van der Waals surface area contributed by atoms with E-state index in [2.05, 4.69) is 93.6 Å². The molecule has 2 aromatic heterocycles. The van der Waals surface area contributed by atoms with Crippen LogP contribution in [0.5, 0.6) is 0 Å². The molecular weight excluding hydrogens is 528 g/mol. The van der Waals surface area contributed by atoms with Gasteiger partial charge in [-0.1, -0.05) is 48.6 Å². The predicted molar refractivity (Wildman–Crippen MR) is 165 cm³/mol. The van der Waals surface area contributed by atoms with Crippen LogP contribution < -0.4 is 10.2 Å². The van der Waals surface area contributed by atoms with Gasteiger partial charge < -0.3 is 29.8 Å². The van der Waals surface area contributed by atoms with Crippen molar-refractivity contribution in [3.63, 3.8) is 0 Å². The zero-order valence-corrected chi connectivity index (χ0v) is 23.7. The number of carboxylic acids is 2. The first-order valence-corrected chi connectivity index (χ1v) is 14.0. The minimum atomic E-state index is -2.19. The van der Waals surface area contributed by atoms with Gasteiger partial charge in [-0.2, -0.15) is 0 Å². The van der Waals surface area contributed by atoms with Crippen molar-refractivity contribution in [2.45, 2.75) is 12.8 Å². The van der Waals surface area contributed by atoms with Crippen molar-refractivity contribution >= 4 is 44.9 Å². The van der Waals surface area contributed by atoms with Gasteiger partial charge in [0.2, 0.25) is 0 Å². The van der Waals surface area contributed by atoms with Gasteiger partial charge in [-0.15, -0.1) is 13.2 Å².